The highest BCUT2D eigenvalue weighted by Crippen LogP contribution is 2.15. The zero-order valence-electron chi connectivity index (χ0n) is 13.3. The molecule has 0 aromatic heterocycles. The Balaban J connectivity index is 1.93. The van der Waals surface area contributed by atoms with Crippen LogP contribution < -0.4 is 4.72 Å². The van der Waals surface area contributed by atoms with E-state index in [1.807, 2.05) is 6.92 Å². The maximum Gasteiger partial charge on any atom is 0.240 e. The van der Waals surface area contributed by atoms with Gasteiger partial charge in [0.05, 0.1) is 4.90 Å². The highest BCUT2D eigenvalue weighted by molar-refractivity contribution is 7.89. The fraction of sp³-hybridized carbons (Fsp3) is 0.333. The maximum absolute atomic E-state index is 12.2. The van der Waals surface area contributed by atoms with Gasteiger partial charge in [-0.25, -0.2) is 13.1 Å². The fourth-order valence-corrected chi connectivity index (χ4v) is 3.23. The molecule has 0 heterocycles. The molecule has 2 aromatic rings. The quantitative estimate of drug-likeness (QED) is 0.884. The lowest BCUT2D eigenvalue weighted by molar-refractivity contribution is 0.581. The van der Waals surface area contributed by atoms with Gasteiger partial charge in [0.1, 0.15) is 0 Å². The van der Waals surface area contributed by atoms with Crippen molar-refractivity contribution in [3.63, 3.8) is 0 Å². The SMILES string of the molecule is Cc1ccc(S(=O)(=O)NCCc2ccc(C(C)C)cc2)cc1. The minimum atomic E-state index is -3.42. The molecule has 22 heavy (non-hydrogen) atoms. The molecule has 118 valence electrons. The highest BCUT2D eigenvalue weighted by atomic mass is 32.2. The first-order chi connectivity index (χ1) is 10.4. The van der Waals surface area contributed by atoms with Crippen LogP contribution in [0.2, 0.25) is 0 Å². The molecule has 0 saturated heterocycles. The molecule has 0 saturated carbocycles. The molecule has 0 spiro atoms. The van der Waals surface area contributed by atoms with Crippen LogP contribution in [0.25, 0.3) is 0 Å². The summed E-state index contributed by atoms with van der Waals surface area (Å²) in [6, 6.07) is 15.2. The van der Waals surface area contributed by atoms with Crippen molar-refractivity contribution in [1.82, 2.24) is 4.72 Å². The van der Waals surface area contributed by atoms with Crippen LogP contribution in [0.3, 0.4) is 0 Å². The first-order valence-corrected chi connectivity index (χ1v) is 9.02. The van der Waals surface area contributed by atoms with E-state index in [1.165, 1.54) is 5.56 Å². The van der Waals surface area contributed by atoms with E-state index >= 15 is 0 Å². The van der Waals surface area contributed by atoms with Gasteiger partial charge in [0.15, 0.2) is 0 Å². The summed E-state index contributed by atoms with van der Waals surface area (Å²) in [5.74, 6) is 0.508. The van der Waals surface area contributed by atoms with E-state index in [-0.39, 0.29) is 0 Å². The molecule has 0 aliphatic heterocycles. The van der Waals surface area contributed by atoms with Gasteiger partial charge in [0.2, 0.25) is 10.0 Å². The number of benzene rings is 2. The normalized spacial score (nSPS) is 11.8. The topological polar surface area (TPSA) is 46.2 Å². The van der Waals surface area contributed by atoms with Gasteiger partial charge in [-0.2, -0.15) is 0 Å². The third-order valence-corrected chi connectivity index (χ3v) is 5.16. The van der Waals surface area contributed by atoms with E-state index < -0.39 is 10.0 Å². The smallest absolute Gasteiger partial charge is 0.211 e. The Labute approximate surface area is 133 Å². The van der Waals surface area contributed by atoms with Gasteiger partial charge in [0, 0.05) is 6.54 Å². The fourth-order valence-electron chi connectivity index (χ4n) is 2.20. The molecule has 0 radical (unpaired) electrons. The lowest BCUT2D eigenvalue weighted by Gasteiger charge is -2.09. The lowest BCUT2D eigenvalue weighted by atomic mass is 10.0. The largest absolute Gasteiger partial charge is 0.240 e. The van der Waals surface area contributed by atoms with Crippen molar-refractivity contribution < 1.29 is 8.42 Å². The van der Waals surface area contributed by atoms with Crippen molar-refractivity contribution in [3.8, 4) is 0 Å². The summed E-state index contributed by atoms with van der Waals surface area (Å²) in [4.78, 5) is 0.313. The molecular formula is C18H23NO2S. The first-order valence-electron chi connectivity index (χ1n) is 7.53. The van der Waals surface area contributed by atoms with Crippen LogP contribution >= 0.6 is 0 Å². The molecule has 0 amide bonds. The monoisotopic (exact) mass is 317 g/mol. The third kappa shape index (κ3) is 4.42. The molecule has 0 unspecified atom stereocenters. The molecule has 4 heteroatoms. The van der Waals surface area contributed by atoms with Crippen LogP contribution in [0.15, 0.2) is 53.4 Å². The molecule has 0 fully saturated rings. The van der Waals surface area contributed by atoms with Crippen LogP contribution in [-0.2, 0) is 16.4 Å². The Morgan fingerprint density at radius 3 is 2.09 bits per heavy atom. The first kappa shape index (κ1) is 16.7. The standard InChI is InChI=1S/C18H23NO2S/c1-14(2)17-8-6-16(7-9-17)12-13-19-22(20,21)18-10-4-15(3)5-11-18/h4-11,14,19H,12-13H2,1-3H3. The molecule has 0 aliphatic carbocycles. The van der Waals surface area contributed by atoms with Crippen molar-refractivity contribution in [1.29, 1.82) is 0 Å². The lowest BCUT2D eigenvalue weighted by Crippen LogP contribution is -2.26. The van der Waals surface area contributed by atoms with E-state index in [0.29, 0.717) is 23.8 Å². The average Bonchev–Trinajstić information content (AvgIpc) is 2.48. The summed E-state index contributed by atoms with van der Waals surface area (Å²) < 4.78 is 27.0. The van der Waals surface area contributed by atoms with Gasteiger partial charge >= 0.3 is 0 Å². The summed E-state index contributed by atoms with van der Waals surface area (Å²) in [5.41, 5.74) is 3.48. The van der Waals surface area contributed by atoms with E-state index in [0.717, 1.165) is 11.1 Å². The number of nitrogens with one attached hydrogen (secondary N) is 1. The molecule has 2 rings (SSSR count). The zero-order valence-corrected chi connectivity index (χ0v) is 14.2. The van der Waals surface area contributed by atoms with Gasteiger partial charge in [-0.1, -0.05) is 55.8 Å². The van der Waals surface area contributed by atoms with Crippen molar-refractivity contribution in [2.45, 2.75) is 38.0 Å². The van der Waals surface area contributed by atoms with Crippen LogP contribution in [0.5, 0.6) is 0 Å². The van der Waals surface area contributed by atoms with Gasteiger partial charge in [-0.3, -0.25) is 0 Å². The van der Waals surface area contributed by atoms with Crippen LogP contribution in [-0.4, -0.2) is 15.0 Å². The van der Waals surface area contributed by atoms with E-state index in [2.05, 4.69) is 42.8 Å². The highest BCUT2D eigenvalue weighted by Gasteiger charge is 2.12. The number of hydrogen-bond donors (Lipinski definition) is 1. The second-order valence-electron chi connectivity index (χ2n) is 5.86. The number of sulfonamides is 1. The van der Waals surface area contributed by atoms with Crippen molar-refractivity contribution in [2.24, 2.45) is 0 Å². The maximum atomic E-state index is 12.2. The minimum Gasteiger partial charge on any atom is -0.211 e. The molecule has 1 N–H and O–H groups in total. The van der Waals surface area contributed by atoms with Gasteiger partial charge < -0.3 is 0 Å². The predicted octanol–water partition coefficient (Wildman–Crippen LogP) is 3.64. The van der Waals surface area contributed by atoms with Crippen molar-refractivity contribution in [2.75, 3.05) is 6.54 Å². The molecule has 0 bridgehead atoms. The molecule has 0 aliphatic rings. The molecule has 3 nitrogen and oxygen atoms in total. The predicted molar refractivity (Wildman–Crippen MR) is 90.6 cm³/mol. The van der Waals surface area contributed by atoms with Crippen LogP contribution in [0, 0.1) is 6.92 Å². The second kappa shape index (κ2) is 7.07. The Hall–Kier alpha value is -1.65. The Morgan fingerprint density at radius 2 is 1.55 bits per heavy atom. The Kier molecular flexibility index (Phi) is 5.37. The van der Waals surface area contributed by atoms with Crippen LogP contribution in [0.4, 0.5) is 0 Å². The van der Waals surface area contributed by atoms with E-state index in [1.54, 1.807) is 24.3 Å². The summed E-state index contributed by atoms with van der Waals surface area (Å²) in [5, 5.41) is 0. The summed E-state index contributed by atoms with van der Waals surface area (Å²) in [6.07, 6.45) is 0.684. The number of aryl methyl sites for hydroxylation is 1. The summed E-state index contributed by atoms with van der Waals surface area (Å²) >= 11 is 0. The van der Waals surface area contributed by atoms with Crippen molar-refractivity contribution in [3.05, 3.63) is 65.2 Å². The average molecular weight is 317 g/mol. The molecular weight excluding hydrogens is 294 g/mol. The van der Waals surface area contributed by atoms with E-state index in [4.69, 9.17) is 0 Å². The Bertz CT molecular complexity index is 702. The van der Waals surface area contributed by atoms with Crippen molar-refractivity contribution >= 4 is 10.0 Å². The number of hydrogen-bond acceptors (Lipinski definition) is 2. The minimum absolute atomic E-state index is 0.313. The van der Waals surface area contributed by atoms with Gasteiger partial charge in [-0.05, 0) is 42.5 Å². The number of rotatable bonds is 6. The Morgan fingerprint density at radius 1 is 0.955 bits per heavy atom. The van der Waals surface area contributed by atoms with Crippen LogP contribution in [0.1, 0.15) is 36.5 Å². The van der Waals surface area contributed by atoms with Gasteiger partial charge in [-0.15, -0.1) is 0 Å². The second-order valence-corrected chi connectivity index (χ2v) is 7.62. The summed E-state index contributed by atoms with van der Waals surface area (Å²) in [6.45, 7) is 6.65. The zero-order chi connectivity index (χ0) is 16.2. The third-order valence-electron chi connectivity index (χ3n) is 3.68. The molecule has 2 aromatic carbocycles. The van der Waals surface area contributed by atoms with E-state index in [9.17, 15) is 8.42 Å². The summed E-state index contributed by atoms with van der Waals surface area (Å²) in [7, 11) is -3.42. The molecule has 0 atom stereocenters. The van der Waals surface area contributed by atoms with Gasteiger partial charge in [0.25, 0.3) is 0 Å².